The van der Waals surface area contributed by atoms with E-state index >= 15 is 0 Å². The molecule has 0 aromatic rings. The highest BCUT2D eigenvalue weighted by molar-refractivity contribution is 5.89. The molecule has 12 nitrogen and oxygen atoms in total. The molecule has 1 aliphatic carbocycles. The summed E-state index contributed by atoms with van der Waals surface area (Å²) in [7, 11) is 1.13. The summed E-state index contributed by atoms with van der Waals surface area (Å²) in [5.41, 5.74) is -0.0614. The summed E-state index contributed by atoms with van der Waals surface area (Å²) in [4.78, 5) is 12.0. The van der Waals surface area contributed by atoms with E-state index in [-0.39, 0.29) is 5.57 Å². The Kier molecular flexibility index (Phi) is 6.77. The smallest absolute Gasteiger partial charge is 0.337 e. The molecule has 3 aliphatic rings. The maximum absolute atomic E-state index is 12.0. The van der Waals surface area contributed by atoms with E-state index in [1.54, 1.807) is 0 Å². The van der Waals surface area contributed by atoms with Gasteiger partial charge in [0.25, 0.3) is 0 Å². The van der Waals surface area contributed by atoms with Crippen LogP contribution in [-0.4, -0.2) is 111 Å². The summed E-state index contributed by atoms with van der Waals surface area (Å²) < 4.78 is 21.0. The van der Waals surface area contributed by atoms with Crippen LogP contribution in [0.1, 0.15) is 0 Å². The highest BCUT2D eigenvalue weighted by Crippen LogP contribution is 2.47. The lowest BCUT2D eigenvalue weighted by Gasteiger charge is -2.43. The lowest BCUT2D eigenvalue weighted by molar-refractivity contribution is -0.343. The molecule has 0 unspecified atom stereocenters. The predicted molar refractivity (Wildman–Crippen MR) is 89.4 cm³/mol. The number of hydrogen-bond acceptors (Lipinski definition) is 12. The van der Waals surface area contributed by atoms with E-state index in [0.717, 1.165) is 13.4 Å². The van der Waals surface area contributed by atoms with Crippen molar-refractivity contribution in [2.24, 2.45) is 17.8 Å². The Balaban J connectivity index is 1.87. The summed E-state index contributed by atoms with van der Waals surface area (Å²) in [5, 5.41) is 69.7. The van der Waals surface area contributed by atoms with Crippen molar-refractivity contribution in [3.8, 4) is 0 Å². The molecule has 11 atom stereocenters. The first kappa shape index (κ1) is 22.3. The Bertz CT molecular complexity index is 624. The molecule has 0 bridgehead atoms. The molecular formula is C17H26O12. The van der Waals surface area contributed by atoms with Gasteiger partial charge in [0.05, 0.1) is 37.8 Å². The van der Waals surface area contributed by atoms with Gasteiger partial charge in [-0.05, 0) is 0 Å². The molecular weight excluding hydrogens is 396 g/mol. The molecule has 0 radical (unpaired) electrons. The first-order valence-corrected chi connectivity index (χ1v) is 9.13. The largest absolute Gasteiger partial charge is 0.472 e. The third-order valence-electron chi connectivity index (χ3n) is 5.82. The molecule has 12 heteroatoms. The average molecular weight is 422 g/mol. The van der Waals surface area contributed by atoms with Crippen LogP contribution in [0.5, 0.6) is 0 Å². The van der Waals surface area contributed by atoms with Gasteiger partial charge in [0.15, 0.2) is 6.29 Å². The van der Waals surface area contributed by atoms with Crippen molar-refractivity contribution in [1.29, 1.82) is 0 Å². The number of rotatable bonds is 5. The van der Waals surface area contributed by atoms with Crippen LogP contribution in [0.2, 0.25) is 0 Å². The van der Waals surface area contributed by atoms with Gasteiger partial charge in [0.2, 0.25) is 6.29 Å². The fourth-order valence-electron chi connectivity index (χ4n) is 4.23. The van der Waals surface area contributed by atoms with Crippen LogP contribution >= 0.6 is 0 Å². The number of aliphatic hydroxyl groups is 7. The van der Waals surface area contributed by atoms with Gasteiger partial charge in [-0.1, -0.05) is 0 Å². The summed E-state index contributed by atoms with van der Waals surface area (Å²) in [6.07, 6.45) is -10.9. The van der Waals surface area contributed by atoms with Gasteiger partial charge in [-0.3, -0.25) is 0 Å². The van der Waals surface area contributed by atoms with Crippen molar-refractivity contribution < 1.29 is 59.5 Å². The first-order valence-electron chi connectivity index (χ1n) is 9.13. The van der Waals surface area contributed by atoms with Crippen molar-refractivity contribution in [2.75, 3.05) is 20.3 Å². The topological polar surface area (TPSA) is 196 Å². The van der Waals surface area contributed by atoms with Crippen molar-refractivity contribution in [3.63, 3.8) is 0 Å². The van der Waals surface area contributed by atoms with Crippen LogP contribution < -0.4 is 0 Å². The summed E-state index contributed by atoms with van der Waals surface area (Å²) >= 11 is 0. The number of esters is 1. The average Bonchev–Trinajstić information content (AvgIpc) is 2.98. The van der Waals surface area contributed by atoms with Crippen LogP contribution in [0.15, 0.2) is 11.8 Å². The highest BCUT2D eigenvalue weighted by Gasteiger charge is 2.58. The Morgan fingerprint density at radius 2 is 1.66 bits per heavy atom. The van der Waals surface area contributed by atoms with Gasteiger partial charge in [-0.15, -0.1) is 0 Å². The van der Waals surface area contributed by atoms with E-state index in [0.29, 0.717) is 0 Å². The molecule has 7 N–H and O–H groups in total. The van der Waals surface area contributed by atoms with Crippen LogP contribution in [0.4, 0.5) is 0 Å². The Labute approximate surface area is 165 Å². The Morgan fingerprint density at radius 3 is 2.24 bits per heavy atom. The summed E-state index contributed by atoms with van der Waals surface area (Å²) in [6.45, 7) is -1.22. The normalized spacial score (nSPS) is 47.2. The standard InChI is InChI=1S/C17H26O12/c1-26-15(25)6-4-27-16(9-5(2-18)10(20)12(22)8(6)9)29-17-14(24)13(23)11(21)7(3-19)28-17/h4-5,7-14,16-24H,2-3H2,1H3/t5-,7+,8-,9-,10-,11+,12+,13-,14+,16+,17-/m1/s1. The molecule has 166 valence electrons. The van der Waals surface area contributed by atoms with E-state index in [2.05, 4.69) is 4.74 Å². The molecule has 0 spiro atoms. The first-order chi connectivity index (χ1) is 13.8. The lowest BCUT2D eigenvalue weighted by Crippen LogP contribution is -2.60. The minimum atomic E-state index is -1.70. The number of hydrogen-bond donors (Lipinski definition) is 7. The molecule has 0 amide bonds. The molecule has 1 saturated heterocycles. The second-order valence-electron chi connectivity index (χ2n) is 7.33. The SMILES string of the molecule is COC(=O)C1=CO[C@@H](O[C@H]2O[C@@H](CO)[C@H](O)[C@@H](O)[C@@H]2O)[C@@H]2[C@@H](CO)[C@@H](O)[C@@H](O)[C@H]12. The molecule has 29 heavy (non-hydrogen) atoms. The highest BCUT2D eigenvalue weighted by atomic mass is 16.8. The third kappa shape index (κ3) is 3.76. The molecule has 2 aliphatic heterocycles. The van der Waals surface area contributed by atoms with Crippen molar-refractivity contribution in [2.45, 2.75) is 49.2 Å². The predicted octanol–water partition coefficient (Wildman–Crippen LogP) is -4.21. The zero-order valence-electron chi connectivity index (χ0n) is 15.5. The van der Waals surface area contributed by atoms with E-state index in [9.17, 15) is 40.5 Å². The van der Waals surface area contributed by atoms with Crippen LogP contribution in [0, 0.1) is 17.8 Å². The molecule has 2 heterocycles. The minimum absolute atomic E-state index is 0.0614. The maximum Gasteiger partial charge on any atom is 0.337 e. The van der Waals surface area contributed by atoms with E-state index in [4.69, 9.17) is 14.2 Å². The van der Waals surface area contributed by atoms with Crippen molar-refractivity contribution in [3.05, 3.63) is 11.8 Å². The molecule has 3 rings (SSSR count). The van der Waals surface area contributed by atoms with Crippen LogP contribution in [-0.2, 0) is 23.7 Å². The summed E-state index contributed by atoms with van der Waals surface area (Å²) in [5.74, 6) is -3.68. The fraction of sp³-hybridized carbons (Fsp3) is 0.824. The van der Waals surface area contributed by atoms with Gasteiger partial charge in [0.1, 0.15) is 24.4 Å². The number of fused-ring (bicyclic) bond motifs is 1. The second-order valence-corrected chi connectivity index (χ2v) is 7.33. The van der Waals surface area contributed by atoms with Crippen molar-refractivity contribution in [1.82, 2.24) is 0 Å². The molecule has 0 aromatic carbocycles. The fourth-order valence-corrected chi connectivity index (χ4v) is 4.23. The zero-order valence-corrected chi connectivity index (χ0v) is 15.5. The van der Waals surface area contributed by atoms with Crippen molar-refractivity contribution >= 4 is 5.97 Å². The third-order valence-corrected chi connectivity index (χ3v) is 5.82. The maximum atomic E-state index is 12.0. The van der Waals surface area contributed by atoms with Gasteiger partial charge in [-0.25, -0.2) is 4.79 Å². The van der Waals surface area contributed by atoms with Gasteiger partial charge >= 0.3 is 5.97 Å². The molecule has 1 saturated carbocycles. The lowest BCUT2D eigenvalue weighted by atomic mass is 9.82. The monoisotopic (exact) mass is 422 g/mol. The quantitative estimate of drug-likeness (QED) is 0.211. The van der Waals surface area contributed by atoms with Crippen LogP contribution in [0.3, 0.4) is 0 Å². The Hall–Kier alpha value is -1.35. The number of carbonyl (C=O) groups is 1. The zero-order chi connectivity index (χ0) is 21.5. The van der Waals surface area contributed by atoms with E-state index in [1.807, 2.05) is 0 Å². The van der Waals surface area contributed by atoms with E-state index < -0.39 is 86.1 Å². The van der Waals surface area contributed by atoms with Crippen LogP contribution in [0.25, 0.3) is 0 Å². The number of carbonyl (C=O) groups excluding carboxylic acids is 1. The Morgan fingerprint density at radius 1 is 0.966 bits per heavy atom. The summed E-state index contributed by atoms with van der Waals surface area (Å²) in [6, 6.07) is 0. The number of ether oxygens (including phenoxy) is 4. The number of aliphatic hydroxyl groups excluding tert-OH is 7. The van der Waals surface area contributed by atoms with Gasteiger partial charge in [0, 0.05) is 24.4 Å². The van der Waals surface area contributed by atoms with Gasteiger partial charge in [-0.2, -0.15) is 0 Å². The van der Waals surface area contributed by atoms with Gasteiger partial charge < -0.3 is 54.7 Å². The molecule has 2 fully saturated rings. The minimum Gasteiger partial charge on any atom is -0.472 e. The second kappa shape index (κ2) is 8.79. The number of methoxy groups -OCH3 is 1. The van der Waals surface area contributed by atoms with E-state index in [1.165, 1.54) is 0 Å². The molecule has 0 aromatic heterocycles.